The summed E-state index contributed by atoms with van der Waals surface area (Å²) in [5.41, 5.74) is 10.2. The summed E-state index contributed by atoms with van der Waals surface area (Å²) in [5.74, 6) is 0. The highest BCUT2D eigenvalue weighted by atomic mass is 16.5. The van der Waals surface area contributed by atoms with Crippen molar-refractivity contribution in [1.82, 2.24) is 0 Å². The first kappa shape index (κ1) is 13.6. The van der Waals surface area contributed by atoms with Crippen LogP contribution in [0.25, 0.3) is 0 Å². The molecule has 0 amide bonds. The van der Waals surface area contributed by atoms with Gasteiger partial charge in [0.15, 0.2) is 0 Å². The van der Waals surface area contributed by atoms with Crippen LogP contribution < -0.4 is 5.73 Å². The van der Waals surface area contributed by atoms with E-state index < -0.39 is 0 Å². The van der Waals surface area contributed by atoms with Crippen LogP contribution in [0, 0.1) is 13.8 Å². The van der Waals surface area contributed by atoms with Crippen LogP contribution >= 0.6 is 0 Å². The third-order valence-electron chi connectivity index (χ3n) is 4.28. The molecule has 0 bridgehead atoms. The van der Waals surface area contributed by atoms with E-state index in [-0.39, 0.29) is 11.6 Å². The minimum atomic E-state index is -0.154. The Morgan fingerprint density at radius 2 is 1.61 bits per heavy atom. The van der Waals surface area contributed by atoms with E-state index in [1.165, 1.54) is 36.0 Å². The largest absolute Gasteiger partial charge is 0.376 e. The van der Waals surface area contributed by atoms with E-state index in [9.17, 15) is 0 Å². The molecule has 0 aromatic heterocycles. The van der Waals surface area contributed by atoms with Crippen molar-refractivity contribution in [3.05, 3.63) is 34.9 Å². The van der Waals surface area contributed by atoms with Crippen molar-refractivity contribution in [2.45, 2.75) is 57.6 Å². The van der Waals surface area contributed by atoms with Gasteiger partial charge in [0.05, 0.1) is 11.6 Å². The number of nitrogens with two attached hydrogens (primary N) is 1. The SMILES string of the molecule is COC1(C(N)c2cc(C)cc(C)c2)CCCCC1. The Kier molecular flexibility index (Phi) is 4.08. The second-order valence-corrected chi connectivity index (χ2v) is 5.73. The summed E-state index contributed by atoms with van der Waals surface area (Å²) in [5, 5.41) is 0. The molecule has 0 radical (unpaired) electrons. The third-order valence-corrected chi connectivity index (χ3v) is 4.28. The lowest BCUT2D eigenvalue weighted by Crippen LogP contribution is -2.44. The van der Waals surface area contributed by atoms with E-state index in [1.807, 2.05) is 7.11 Å². The molecule has 2 rings (SSSR count). The first-order chi connectivity index (χ1) is 8.57. The van der Waals surface area contributed by atoms with Gasteiger partial charge >= 0.3 is 0 Å². The van der Waals surface area contributed by atoms with Crippen LogP contribution in [0.15, 0.2) is 18.2 Å². The summed E-state index contributed by atoms with van der Waals surface area (Å²) in [6, 6.07) is 6.58. The summed E-state index contributed by atoms with van der Waals surface area (Å²) in [4.78, 5) is 0. The molecule has 18 heavy (non-hydrogen) atoms. The second kappa shape index (κ2) is 5.41. The van der Waals surface area contributed by atoms with E-state index in [2.05, 4.69) is 32.0 Å². The summed E-state index contributed by atoms with van der Waals surface area (Å²) < 4.78 is 5.85. The molecule has 1 atom stereocenters. The predicted octanol–water partition coefficient (Wildman–Crippen LogP) is 3.65. The Bertz CT molecular complexity index is 387. The zero-order chi connectivity index (χ0) is 13.2. The highest BCUT2D eigenvalue weighted by molar-refractivity contribution is 5.32. The third kappa shape index (κ3) is 2.60. The molecule has 0 heterocycles. The van der Waals surface area contributed by atoms with Gasteiger partial charge in [-0.1, -0.05) is 48.6 Å². The molecule has 0 aliphatic heterocycles. The summed E-state index contributed by atoms with van der Waals surface area (Å²) >= 11 is 0. The van der Waals surface area contributed by atoms with Gasteiger partial charge in [-0.2, -0.15) is 0 Å². The first-order valence-electron chi connectivity index (χ1n) is 6.96. The molecule has 1 aliphatic rings. The lowest BCUT2D eigenvalue weighted by molar-refractivity contribution is -0.0595. The van der Waals surface area contributed by atoms with Gasteiger partial charge in [0.2, 0.25) is 0 Å². The van der Waals surface area contributed by atoms with Gasteiger partial charge in [0.25, 0.3) is 0 Å². The topological polar surface area (TPSA) is 35.2 Å². The Hall–Kier alpha value is -0.860. The highest BCUT2D eigenvalue weighted by Crippen LogP contribution is 2.40. The molecule has 1 aliphatic carbocycles. The van der Waals surface area contributed by atoms with E-state index in [0.29, 0.717) is 0 Å². The van der Waals surface area contributed by atoms with Gasteiger partial charge in [-0.05, 0) is 32.3 Å². The molecule has 100 valence electrons. The zero-order valence-corrected chi connectivity index (χ0v) is 11.8. The number of rotatable bonds is 3. The van der Waals surface area contributed by atoms with E-state index in [0.717, 1.165) is 12.8 Å². The van der Waals surface area contributed by atoms with Crippen LogP contribution in [0.5, 0.6) is 0 Å². The summed E-state index contributed by atoms with van der Waals surface area (Å²) in [7, 11) is 1.81. The molecule has 1 unspecified atom stereocenters. The molecule has 2 nitrogen and oxygen atoms in total. The zero-order valence-electron chi connectivity index (χ0n) is 11.8. The fourth-order valence-corrected chi connectivity index (χ4v) is 3.29. The van der Waals surface area contributed by atoms with Crippen molar-refractivity contribution in [3.63, 3.8) is 0 Å². The Morgan fingerprint density at radius 1 is 1.06 bits per heavy atom. The van der Waals surface area contributed by atoms with Crippen molar-refractivity contribution < 1.29 is 4.74 Å². The first-order valence-corrected chi connectivity index (χ1v) is 6.96. The van der Waals surface area contributed by atoms with Gasteiger partial charge < -0.3 is 10.5 Å². The minimum Gasteiger partial charge on any atom is -0.376 e. The minimum absolute atomic E-state index is 0.0126. The van der Waals surface area contributed by atoms with Gasteiger partial charge in [0, 0.05) is 7.11 Å². The van der Waals surface area contributed by atoms with Crippen molar-refractivity contribution in [1.29, 1.82) is 0 Å². The van der Waals surface area contributed by atoms with Gasteiger partial charge in [-0.25, -0.2) is 0 Å². The van der Waals surface area contributed by atoms with E-state index >= 15 is 0 Å². The van der Waals surface area contributed by atoms with Crippen LogP contribution in [0.2, 0.25) is 0 Å². The fraction of sp³-hybridized carbons (Fsp3) is 0.625. The summed E-state index contributed by atoms with van der Waals surface area (Å²) in [6.45, 7) is 4.26. The number of methoxy groups -OCH3 is 1. The molecule has 1 aromatic rings. The second-order valence-electron chi connectivity index (χ2n) is 5.73. The molecular formula is C16H25NO. The summed E-state index contributed by atoms with van der Waals surface area (Å²) in [6.07, 6.45) is 5.93. The van der Waals surface area contributed by atoms with Crippen molar-refractivity contribution in [3.8, 4) is 0 Å². The average Bonchev–Trinajstić information content (AvgIpc) is 2.37. The number of benzene rings is 1. The van der Waals surface area contributed by atoms with Crippen LogP contribution in [-0.4, -0.2) is 12.7 Å². The van der Waals surface area contributed by atoms with Crippen LogP contribution in [0.3, 0.4) is 0 Å². The molecule has 2 heteroatoms. The predicted molar refractivity (Wildman–Crippen MR) is 75.7 cm³/mol. The Morgan fingerprint density at radius 3 is 2.11 bits per heavy atom. The molecule has 0 saturated heterocycles. The molecule has 1 aromatic carbocycles. The van der Waals surface area contributed by atoms with E-state index in [4.69, 9.17) is 10.5 Å². The van der Waals surface area contributed by atoms with Gasteiger partial charge in [0.1, 0.15) is 0 Å². The van der Waals surface area contributed by atoms with E-state index in [1.54, 1.807) is 0 Å². The fourth-order valence-electron chi connectivity index (χ4n) is 3.29. The van der Waals surface area contributed by atoms with Crippen LogP contribution in [-0.2, 0) is 4.74 Å². The molecule has 2 N–H and O–H groups in total. The molecule has 0 spiro atoms. The Labute approximate surface area is 111 Å². The highest BCUT2D eigenvalue weighted by Gasteiger charge is 2.38. The number of aryl methyl sites for hydroxylation is 2. The van der Waals surface area contributed by atoms with Gasteiger partial charge in [-0.15, -0.1) is 0 Å². The number of ether oxygens (including phenoxy) is 1. The maximum Gasteiger partial charge on any atom is 0.0870 e. The normalized spacial score (nSPS) is 20.7. The van der Waals surface area contributed by atoms with Crippen molar-refractivity contribution in [2.75, 3.05) is 7.11 Å². The average molecular weight is 247 g/mol. The van der Waals surface area contributed by atoms with Crippen molar-refractivity contribution in [2.24, 2.45) is 5.73 Å². The van der Waals surface area contributed by atoms with Crippen LogP contribution in [0.1, 0.15) is 54.8 Å². The maximum atomic E-state index is 6.53. The molecular weight excluding hydrogens is 222 g/mol. The lowest BCUT2D eigenvalue weighted by Gasteiger charge is -2.41. The van der Waals surface area contributed by atoms with Crippen LogP contribution in [0.4, 0.5) is 0 Å². The monoisotopic (exact) mass is 247 g/mol. The van der Waals surface area contributed by atoms with Gasteiger partial charge in [-0.3, -0.25) is 0 Å². The quantitative estimate of drug-likeness (QED) is 0.884. The number of hydrogen-bond acceptors (Lipinski definition) is 2. The molecule has 1 saturated carbocycles. The maximum absolute atomic E-state index is 6.53. The standard InChI is InChI=1S/C16H25NO/c1-12-9-13(2)11-14(10-12)15(17)16(18-3)7-5-4-6-8-16/h9-11,15H,4-8,17H2,1-3H3. The molecule has 1 fully saturated rings. The van der Waals surface area contributed by atoms with Crippen molar-refractivity contribution >= 4 is 0 Å². The smallest absolute Gasteiger partial charge is 0.0870 e. The number of hydrogen-bond donors (Lipinski definition) is 1. The lowest BCUT2D eigenvalue weighted by atomic mass is 9.76. The Balaban J connectivity index is 2.30.